The number of hydrogen-bond donors (Lipinski definition) is 3. The molecule has 2 aliphatic rings. The molecule has 2 aliphatic heterocycles. The summed E-state index contributed by atoms with van der Waals surface area (Å²) in [5, 5.41) is 6.69. The second-order valence-corrected chi connectivity index (χ2v) is 6.92. The zero-order chi connectivity index (χ0) is 19.5. The summed E-state index contributed by atoms with van der Waals surface area (Å²) < 4.78 is 16.2. The molecular weight excluding hydrogens is 374 g/mol. The van der Waals surface area contributed by atoms with Crippen LogP contribution >= 0.6 is 0 Å². The summed E-state index contributed by atoms with van der Waals surface area (Å²) in [5.74, 6) is 2.80. The van der Waals surface area contributed by atoms with Crippen LogP contribution in [0.5, 0.6) is 11.5 Å². The average molecular weight is 397 g/mol. The van der Waals surface area contributed by atoms with E-state index in [2.05, 4.69) is 35.5 Å². The Labute approximate surface area is 167 Å². The Morgan fingerprint density at radius 1 is 1.07 bits per heavy atom. The van der Waals surface area contributed by atoms with Crippen molar-refractivity contribution in [2.75, 3.05) is 56.8 Å². The molecule has 2 aromatic heterocycles. The van der Waals surface area contributed by atoms with Gasteiger partial charge in [0, 0.05) is 32.7 Å². The van der Waals surface area contributed by atoms with E-state index < -0.39 is 0 Å². The van der Waals surface area contributed by atoms with E-state index in [1.165, 1.54) is 0 Å². The molecule has 0 amide bonds. The van der Waals surface area contributed by atoms with Crippen molar-refractivity contribution in [3.63, 3.8) is 0 Å². The molecule has 10 heteroatoms. The summed E-state index contributed by atoms with van der Waals surface area (Å²) in [4.78, 5) is 18.9. The minimum atomic E-state index is 0.268. The molecule has 1 fully saturated rings. The van der Waals surface area contributed by atoms with Gasteiger partial charge in [-0.15, -0.1) is 0 Å². The van der Waals surface area contributed by atoms with E-state index in [1.807, 2.05) is 18.2 Å². The van der Waals surface area contributed by atoms with Crippen molar-refractivity contribution in [2.45, 2.75) is 6.54 Å². The molecule has 3 N–H and O–H groups in total. The number of aromatic amines is 1. The SMILES string of the molecule is c1nc2nc(NCc3ccc4c(c3)OCO4)nc(NCCN3CCOCC3)c2[nH]1. The zero-order valence-corrected chi connectivity index (χ0v) is 16.0. The zero-order valence-electron chi connectivity index (χ0n) is 16.0. The molecule has 10 nitrogen and oxygen atoms in total. The third-order valence-corrected chi connectivity index (χ3v) is 5.00. The van der Waals surface area contributed by atoms with Gasteiger partial charge in [-0.25, -0.2) is 4.98 Å². The Morgan fingerprint density at radius 3 is 2.90 bits per heavy atom. The number of hydrogen-bond acceptors (Lipinski definition) is 9. The third-order valence-electron chi connectivity index (χ3n) is 5.00. The average Bonchev–Trinajstić information content (AvgIpc) is 3.42. The van der Waals surface area contributed by atoms with Crippen LogP contribution in [0.25, 0.3) is 11.2 Å². The van der Waals surface area contributed by atoms with Crippen LogP contribution in [0.15, 0.2) is 24.5 Å². The molecule has 0 unspecified atom stereocenters. The first kappa shape index (κ1) is 18.0. The first-order chi connectivity index (χ1) is 14.3. The predicted molar refractivity (Wildman–Crippen MR) is 107 cm³/mol. The molecule has 152 valence electrons. The van der Waals surface area contributed by atoms with Gasteiger partial charge in [0.05, 0.1) is 19.5 Å². The van der Waals surface area contributed by atoms with Crippen LogP contribution in [0.4, 0.5) is 11.8 Å². The summed E-state index contributed by atoms with van der Waals surface area (Å²) in [6, 6.07) is 5.87. The molecule has 0 saturated carbocycles. The highest BCUT2D eigenvalue weighted by molar-refractivity contribution is 5.83. The number of morpholine rings is 1. The second kappa shape index (κ2) is 8.10. The van der Waals surface area contributed by atoms with E-state index in [4.69, 9.17) is 14.2 Å². The van der Waals surface area contributed by atoms with E-state index in [1.54, 1.807) is 6.33 Å². The van der Waals surface area contributed by atoms with Crippen LogP contribution in [-0.4, -0.2) is 71.0 Å². The van der Waals surface area contributed by atoms with E-state index in [0.717, 1.165) is 67.8 Å². The molecule has 0 spiro atoms. The molecule has 3 aromatic rings. The van der Waals surface area contributed by atoms with Gasteiger partial charge in [-0.3, -0.25) is 4.90 Å². The molecular formula is C19H23N7O3. The van der Waals surface area contributed by atoms with Gasteiger partial charge in [0.1, 0.15) is 5.52 Å². The summed E-state index contributed by atoms with van der Waals surface area (Å²) >= 11 is 0. The fraction of sp³-hybridized carbons (Fsp3) is 0.421. The lowest BCUT2D eigenvalue weighted by atomic mass is 10.2. The molecule has 4 heterocycles. The largest absolute Gasteiger partial charge is 0.454 e. The number of benzene rings is 1. The molecule has 0 aliphatic carbocycles. The number of nitrogens with zero attached hydrogens (tertiary/aromatic N) is 4. The van der Waals surface area contributed by atoms with Gasteiger partial charge in [-0.1, -0.05) is 6.07 Å². The Kier molecular flexibility index (Phi) is 5.01. The van der Waals surface area contributed by atoms with Crippen LogP contribution in [0.1, 0.15) is 5.56 Å². The Hall–Kier alpha value is -3.11. The number of nitrogens with one attached hydrogen (secondary N) is 3. The Bertz CT molecular complexity index is 987. The van der Waals surface area contributed by atoms with Crippen molar-refractivity contribution in [1.82, 2.24) is 24.8 Å². The maximum absolute atomic E-state index is 5.43. The van der Waals surface area contributed by atoms with Crippen LogP contribution < -0.4 is 20.1 Å². The Balaban J connectivity index is 1.25. The van der Waals surface area contributed by atoms with Crippen LogP contribution in [-0.2, 0) is 11.3 Å². The first-order valence-electron chi connectivity index (χ1n) is 9.73. The summed E-state index contributed by atoms with van der Waals surface area (Å²) in [6.07, 6.45) is 1.63. The lowest BCUT2D eigenvalue weighted by Crippen LogP contribution is -2.39. The molecule has 0 radical (unpaired) electrons. The molecule has 0 bridgehead atoms. The number of aromatic nitrogens is 4. The minimum Gasteiger partial charge on any atom is -0.454 e. The van der Waals surface area contributed by atoms with Gasteiger partial charge in [0.15, 0.2) is 23.0 Å². The summed E-state index contributed by atoms with van der Waals surface area (Å²) in [6.45, 7) is 6.08. The van der Waals surface area contributed by atoms with Crippen LogP contribution in [0, 0.1) is 0 Å². The molecule has 5 rings (SSSR count). The van der Waals surface area contributed by atoms with Crippen molar-refractivity contribution in [3.8, 4) is 11.5 Å². The predicted octanol–water partition coefficient (Wildman–Crippen LogP) is 1.44. The lowest BCUT2D eigenvalue weighted by molar-refractivity contribution is 0.0398. The van der Waals surface area contributed by atoms with E-state index in [9.17, 15) is 0 Å². The topological polar surface area (TPSA) is 109 Å². The highest BCUT2D eigenvalue weighted by atomic mass is 16.7. The first-order valence-corrected chi connectivity index (χ1v) is 9.73. The standard InChI is InChI=1S/C19H23N7O3/c1-2-14-15(29-12-28-14)9-13(1)10-21-19-24-17(16-18(25-19)23-11-22-16)20-3-4-26-5-7-27-8-6-26/h1-2,9,11H,3-8,10,12H2,(H3,20,21,22,23,24,25). The minimum absolute atomic E-state index is 0.268. The number of anilines is 2. The number of rotatable bonds is 7. The van der Waals surface area contributed by atoms with Gasteiger partial charge in [0.2, 0.25) is 12.7 Å². The summed E-state index contributed by atoms with van der Waals surface area (Å²) in [5.41, 5.74) is 2.49. The highest BCUT2D eigenvalue weighted by Crippen LogP contribution is 2.32. The van der Waals surface area contributed by atoms with Crippen LogP contribution in [0.3, 0.4) is 0 Å². The van der Waals surface area contributed by atoms with Gasteiger partial charge < -0.3 is 29.8 Å². The van der Waals surface area contributed by atoms with Gasteiger partial charge in [-0.05, 0) is 17.7 Å². The maximum atomic E-state index is 5.43. The van der Waals surface area contributed by atoms with Crippen molar-refractivity contribution in [2.24, 2.45) is 0 Å². The number of ether oxygens (including phenoxy) is 3. The van der Waals surface area contributed by atoms with Crippen molar-refractivity contribution < 1.29 is 14.2 Å². The van der Waals surface area contributed by atoms with Crippen molar-refractivity contribution >= 4 is 22.9 Å². The number of fused-ring (bicyclic) bond motifs is 2. The number of H-pyrrole nitrogens is 1. The fourth-order valence-electron chi connectivity index (χ4n) is 3.43. The molecule has 1 saturated heterocycles. The smallest absolute Gasteiger partial charge is 0.231 e. The van der Waals surface area contributed by atoms with Crippen LogP contribution in [0.2, 0.25) is 0 Å². The van der Waals surface area contributed by atoms with E-state index in [0.29, 0.717) is 18.1 Å². The quantitative estimate of drug-likeness (QED) is 0.545. The monoisotopic (exact) mass is 397 g/mol. The van der Waals surface area contributed by atoms with Gasteiger partial charge in [0.25, 0.3) is 0 Å². The highest BCUT2D eigenvalue weighted by Gasteiger charge is 2.15. The van der Waals surface area contributed by atoms with Crippen molar-refractivity contribution in [3.05, 3.63) is 30.1 Å². The second-order valence-electron chi connectivity index (χ2n) is 6.92. The van der Waals surface area contributed by atoms with Gasteiger partial charge >= 0.3 is 0 Å². The lowest BCUT2D eigenvalue weighted by Gasteiger charge is -2.26. The van der Waals surface area contributed by atoms with Crippen molar-refractivity contribution in [1.29, 1.82) is 0 Å². The van der Waals surface area contributed by atoms with Gasteiger partial charge in [-0.2, -0.15) is 9.97 Å². The molecule has 29 heavy (non-hydrogen) atoms. The van der Waals surface area contributed by atoms with E-state index >= 15 is 0 Å². The number of imidazole rings is 1. The molecule has 1 aromatic carbocycles. The fourth-order valence-corrected chi connectivity index (χ4v) is 3.43. The molecule has 0 atom stereocenters. The maximum Gasteiger partial charge on any atom is 0.231 e. The normalized spacial score (nSPS) is 16.3. The van der Waals surface area contributed by atoms with E-state index in [-0.39, 0.29) is 6.79 Å². The Morgan fingerprint density at radius 2 is 1.97 bits per heavy atom. The third kappa shape index (κ3) is 4.03. The summed E-state index contributed by atoms with van der Waals surface area (Å²) in [7, 11) is 0.